The summed E-state index contributed by atoms with van der Waals surface area (Å²) >= 11 is 6.11. The molecule has 0 spiro atoms. The van der Waals surface area contributed by atoms with E-state index in [2.05, 4.69) is 5.32 Å². The Kier molecular flexibility index (Phi) is 4.69. The molecule has 0 aliphatic heterocycles. The van der Waals surface area contributed by atoms with E-state index in [4.69, 9.17) is 11.6 Å². The maximum atomic E-state index is 11.6. The van der Waals surface area contributed by atoms with Crippen LogP contribution in [-0.4, -0.2) is 20.7 Å². The van der Waals surface area contributed by atoms with E-state index >= 15 is 0 Å². The standard InChI is InChI=1S/C17H24ClNO2S/c1-22(20,21)11-14-7-8-15(18)10-17(14)19-16-4-2-3-13(9-16)12-5-6-12/h7-8,10,12-13,16,19H,2-6,9,11H2,1H3. The first kappa shape index (κ1) is 16.1. The van der Waals surface area contributed by atoms with Crippen molar-refractivity contribution in [3.8, 4) is 0 Å². The molecule has 1 aromatic carbocycles. The van der Waals surface area contributed by atoms with Crippen LogP contribution in [0.1, 0.15) is 44.1 Å². The number of rotatable bonds is 5. The van der Waals surface area contributed by atoms with Crippen molar-refractivity contribution < 1.29 is 8.42 Å². The molecule has 2 unspecified atom stereocenters. The second-order valence-corrected chi connectivity index (χ2v) is 9.55. The number of hydrogen-bond acceptors (Lipinski definition) is 3. The number of halogens is 1. The average Bonchev–Trinajstić information content (AvgIpc) is 3.25. The fraction of sp³-hybridized carbons (Fsp3) is 0.647. The van der Waals surface area contributed by atoms with Crippen LogP contribution in [0, 0.1) is 11.8 Å². The highest BCUT2D eigenvalue weighted by atomic mass is 35.5. The SMILES string of the molecule is CS(=O)(=O)Cc1ccc(Cl)cc1NC1CCCC(C2CC2)C1. The van der Waals surface area contributed by atoms with Gasteiger partial charge in [-0.3, -0.25) is 0 Å². The van der Waals surface area contributed by atoms with Gasteiger partial charge in [0.25, 0.3) is 0 Å². The van der Waals surface area contributed by atoms with Crippen molar-refractivity contribution in [2.24, 2.45) is 11.8 Å². The summed E-state index contributed by atoms with van der Waals surface area (Å²) in [4.78, 5) is 0. The molecule has 1 N–H and O–H groups in total. The number of sulfone groups is 1. The second kappa shape index (κ2) is 6.40. The van der Waals surface area contributed by atoms with Gasteiger partial charge in [0.2, 0.25) is 0 Å². The monoisotopic (exact) mass is 341 g/mol. The molecule has 0 saturated heterocycles. The molecule has 2 aliphatic rings. The molecule has 3 nitrogen and oxygen atoms in total. The molecule has 1 aromatic rings. The molecule has 0 aromatic heterocycles. The molecule has 0 heterocycles. The first-order valence-electron chi connectivity index (χ1n) is 8.13. The smallest absolute Gasteiger partial charge is 0.151 e. The summed E-state index contributed by atoms with van der Waals surface area (Å²) in [6.07, 6.45) is 9.05. The molecule has 5 heteroatoms. The summed E-state index contributed by atoms with van der Waals surface area (Å²) in [6.45, 7) is 0. The molecule has 2 aliphatic carbocycles. The van der Waals surface area contributed by atoms with E-state index < -0.39 is 9.84 Å². The molecule has 2 fully saturated rings. The van der Waals surface area contributed by atoms with Gasteiger partial charge in [0, 0.05) is 23.0 Å². The Hall–Kier alpha value is -0.740. The normalized spacial score (nSPS) is 25.9. The molecule has 3 rings (SSSR count). The molecule has 2 atom stereocenters. The highest BCUT2D eigenvalue weighted by molar-refractivity contribution is 7.89. The maximum absolute atomic E-state index is 11.6. The topological polar surface area (TPSA) is 46.2 Å². The van der Waals surface area contributed by atoms with Crippen molar-refractivity contribution in [2.75, 3.05) is 11.6 Å². The number of anilines is 1. The van der Waals surface area contributed by atoms with Crippen LogP contribution in [-0.2, 0) is 15.6 Å². The second-order valence-electron chi connectivity index (χ2n) is 6.98. The largest absolute Gasteiger partial charge is 0.382 e. The van der Waals surface area contributed by atoms with Crippen molar-refractivity contribution in [1.82, 2.24) is 0 Å². The molecule has 122 valence electrons. The molecule has 0 bridgehead atoms. The highest BCUT2D eigenvalue weighted by Crippen LogP contribution is 2.44. The van der Waals surface area contributed by atoms with Gasteiger partial charge in [-0.2, -0.15) is 0 Å². The molecular weight excluding hydrogens is 318 g/mol. The van der Waals surface area contributed by atoms with E-state index in [0.29, 0.717) is 11.1 Å². The van der Waals surface area contributed by atoms with E-state index in [1.807, 2.05) is 12.1 Å². The van der Waals surface area contributed by atoms with E-state index in [9.17, 15) is 8.42 Å². The average molecular weight is 342 g/mol. The van der Waals surface area contributed by atoms with Crippen LogP contribution in [0.25, 0.3) is 0 Å². The maximum Gasteiger partial charge on any atom is 0.151 e. The van der Waals surface area contributed by atoms with Crippen LogP contribution in [0.3, 0.4) is 0 Å². The Morgan fingerprint density at radius 3 is 2.64 bits per heavy atom. The third-order valence-electron chi connectivity index (χ3n) is 4.85. The molecular formula is C17H24ClNO2S. The fourth-order valence-electron chi connectivity index (χ4n) is 3.67. The Balaban J connectivity index is 1.74. The number of hydrogen-bond donors (Lipinski definition) is 1. The zero-order valence-electron chi connectivity index (χ0n) is 13.0. The minimum absolute atomic E-state index is 0.0608. The number of benzene rings is 1. The molecule has 0 radical (unpaired) electrons. The van der Waals surface area contributed by atoms with Gasteiger partial charge in [0.1, 0.15) is 0 Å². The van der Waals surface area contributed by atoms with Crippen LogP contribution < -0.4 is 5.32 Å². The van der Waals surface area contributed by atoms with Gasteiger partial charge in [-0.15, -0.1) is 0 Å². The summed E-state index contributed by atoms with van der Waals surface area (Å²) in [5, 5.41) is 4.22. The summed E-state index contributed by atoms with van der Waals surface area (Å²) in [5.74, 6) is 1.86. The minimum atomic E-state index is -3.05. The molecule has 0 amide bonds. The Bertz CT molecular complexity index is 640. The molecule has 2 saturated carbocycles. The summed E-state index contributed by atoms with van der Waals surface area (Å²) < 4.78 is 23.2. The van der Waals surface area contributed by atoms with Gasteiger partial charge in [-0.25, -0.2) is 8.42 Å². The van der Waals surface area contributed by atoms with Crippen molar-refractivity contribution in [3.63, 3.8) is 0 Å². The quantitative estimate of drug-likeness (QED) is 0.870. The zero-order chi connectivity index (χ0) is 15.7. The van der Waals surface area contributed by atoms with Gasteiger partial charge < -0.3 is 5.32 Å². The van der Waals surface area contributed by atoms with Gasteiger partial charge in [0.15, 0.2) is 9.84 Å². The van der Waals surface area contributed by atoms with E-state index in [0.717, 1.165) is 29.5 Å². The Morgan fingerprint density at radius 1 is 1.18 bits per heavy atom. The van der Waals surface area contributed by atoms with Gasteiger partial charge >= 0.3 is 0 Å². The van der Waals surface area contributed by atoms with Gasteiger partial charge in [-0.05, 0) is 55.2 Å². The molecule has 22 heavy (non-hydrogen) atoms. The van der Waals surface area contributed by atoms with Gasteiger partial charge in [-0.1, -0.05) is 30.5 Å². The fourth-order valence-corrected chi connectivity index (χ4v) is 4.65. The van der Waals surface area contributed by atoms with Crippen molar-refractivity contribution >= 4 is 27.1 Å². The van der Waals surface area contributed by atoms with E-state index in [1.54, 1.807) is 6.07 Å². The minimum Gasteiger partial charge on any atom is -0.382 e. The van der Waals surface area contributed by atoms with Crippen molar-refractivity contribution in [2.45, 2.75) is 50.3 Å². The Morgan fingerprint density at radius 2 is 1.95 bits per heavy atom. The lowest BCUT2D eigenvalue weighted by molar-refractivity contribution is 0.303. The van der Waals surface area contributed by atoms with Crippen molar-refractivity contribution in [1.29, 1.82) is 0 Å². The Labute approximate surface area is 138 Å². The lowest BCUT2D eigenvalue weighted by atomic mass is 9.82. The third-order valence-corrected chi connectivity index (χ3v) is 5.92. The predicted octanol–water partition coefficient (Wildman–Crippen LogP) is 4.27. The van der Waals surface area contributed by atoms with Crippen molar-refractivity contribution in [3.05, 3.63) is 28.8 Å². The van der Waals surface area contributed by atoms with E-state index in [1.165, 1.54) is 38.4 Å². The van der Waals surface area contributed by atoms with Crippen LogP contribution >= 0.6 is 11.6 Å². The lowest BCUT2D eigenvalue weighted by Gasteiger charge is -2.31. The van der Waals surface area contributed by atoms with Crippen LogP contribution in [0.4, 0.5) is 5.69 Å². The lowest BCUT2D eigenvalue weighted by Crippen LogP contribution is -2.28. The highest BCUT2D eigenvalue weighted by Gasteiger charge is 2.34. The number of nitrogens with one attached hydrogen (secondary N) is 1. The summed E-state index contributed by atoms with van der Waals surface area (Å²) in [6, 6.07) is 5.90. The predicted molar refractivity (Wildman–Crippen MR) is 92.1 cm³/mol. The van der Waals surface area contributed by atoms with E-state index in [-0.39, 0.29) is 5.75 Å². The van der Waals surface area contributed by atoms with Gasteiger partial charge in [0.05, 0.1) is 5.75 Å². The van der Waals surface area contributed by atoms with Crippen LogP contribution in [0.15, 0.2) is 18.2 Å². The third kappa shape index (κ3) is 4.39. The first-order valence-corrected chi connectivity index (χ1v) is 10.6. The first-order chi connectivity index (χ1) is 10.4. The summed E-state index contributed by atoms with van der Waals surface area (Å²) in [7, 11) is -3.05. The van der Waals surface area contributed by atoms with Crippen LogP contribution in [0.2, 0.25) is 5.02 Å². The summed E-state index contributed by atoms with van der Waals surface area (Å²) in [5.41, 5.74) is 1.71. The zero-order valence-corrected chi connectivity index (χ0v) is 14.6. The van der Waals surface area contributed by atoms with Crippen LogP contribution in [0.5, 0.6) is 0 Å².